The summed E-state index contributed by atoms with van der Waals surface area (Å²) in [6, 6.07) is 13.9. The number of hydrogen-bond donors (Lipinski definition) is 1. The number of halogens is 1. The standard InChI is InChI=1S/C16H11ClN4S2/c17-14-7-6-13(23-14)11-8-21(15(18)19-11)16-20-12(9-22-16)10-4-2-1-3-5-10/h1-9H,(H2,18,19). The summed E-state index contributed by atoms with van der Waals surface area (Å²) >= 11 is 9.00. The van der Waals surface area contributed by atoms with Gasteiger partial charge in [0.15, 0.2) is 5.13 Å². The molecule has 0 fully saturated rings. The first kappa shape index (κ1) is 14.4. The molecule has 0 saturated carbocycles. The minimum absolute atomic E-state index is 0.415. The molecule has 114 valence electrons. The van der Waals surface area contributed by atoms with Crippen molar-refractivity contribution >= 4 is 40.2 Å². The lowest BCUT2D eigenvalue weighted by molar-refractivity contribution is 1.05. The van der Waals surface area contributed by atoms with Crippen molar-refractivity contribution in [3.63, 3.8) is 0 Å². The van der Waals surface area contributed by atoms with Gasteiger partial charge in [-0.25, -0.2) is 9.97 Å². The predicted molar refractivity (Wildman–Crippen MR) is 97.4 cm³/mol. The van der Waals surface area contributed by atoms with E-state index in [9.17, 15) is 0 Å². The lowest BCUT2D eigenvalue weighted by Crippen LogP contribution is -1.98. The number of thiophene rings is 1. The Hall–Kier alpha value is -2.15. The van der Waals surface area contributed by atoms with Crippen molar-refractivity contribution in [2.45, 2.75) is 0 Å². The molecule has 0 aliphatic carbocycles. The molecule has 0 amide bonds. The predicted octanol–water partition coefficient (Wildman–Crippen LogP) is 4.96. The van der Waals surface area contributed by atoms with Crippen LogP contribution in [-0.2, 0) is 0 Å². The molecule has 0 saturated heterocycles. The quantitative estimate of drug-likeness (QED) is 0.563. The molecule has 0 radical (unpaired) electrons. The van der Waals surface area contributed by atoms with Crippen LogP contribution in [0.1, 0.15) is 0 Å². The second-order valence-corrected chi connectivity index (χ2v) is 7.39. The molecule has 0 unspecified atom stereocenters. The van der Waals surface area contributed by atoms with Gasteiger partial charge >= 0.3 is 0 Å². The van der Waals surface area contributed by atoms with E-state index in [0.717, 1.165) is 31.3 Å². The molecule has 4 nitrogen and oxygen atoms in total. The van der Waals surface area contributed by atoms with Gasteiger partial charge in [-0.15, -0.1) is 22.7 Å². The molecule has 7 heteroatoms. The number of nitrogens with two attached hydrogens (primary N) is 1. The minimum Gasteiger partial charge on any atom is -0.369 e. The molecule has 3 heterocycles. The van der Waals surface area contributed by atoms with Crippen molar-refractivity contribution in [2.75, 3.05) is 5.73 Å². The normalized spacial score (nSPS) is 11.0. The van der Waals surface area contributed by atoms with Crippen molar-refractivity contribution in [1.82, 2.24) is 14.5 Å². The third-order valence-corrected chi connectivity index (χ3v) is 5.42. The van der Waals surface area contributed by atoms with Gasteiger partial charge in [0.1, 0.15) is 5.69 Å². The molecule has 0 aliphatic heterocycles. The SMILES string of the molecule is Nc1nc(-c2ccc(Cl)s2)cn1-c1nc(-c2ccccc2)cs1. The van der Waals surface area contributed by atoms with Crippen molar-refractivity contribution in [1.29, 1.82) is 0 Å². The maximum atomic E-state index is 6.06. The molecule has 0 spiro atoms. The van der Waals surface area contributed by atoms with E-state index in [2.05, 4.69) is 9.97 Å². The smallest absolute Gasteiger partial charge is 0.207 e. The number of aromatic nitrogens is 3. The maximum absolute atomic E-state index is 6.06. The van der Waals surface area contributed by atoms with Crippen molar-refractivity contribution < 1.29 is 0 Å². The molecule has 1 aromatic carbocycles. The zero-order chi connectivity index (χ0) is 15.8. The maximum Gasteiger partial charge on any atom is 0.207 e. The van der Waals surface area contributed by atoms with Gasteiger partial charge in [0, 0.05) is 17.1 Å². The van der Waals surface area contributed by atoms with Crippen LogP contribution in [0.2, 0.25) is 4.34 Å². The van der Waals surface area contributed by atoms with Gasteiger partial charge in [0.2, 0.25) is 5.95 Å². The Morgan fingerprint density at radius 2 is 1.83 bits per heavy atom. The average Bonchev–Trinajstić information content (AvgIpc) is 3.27. The van der Waals surface area contributed by atoms with Gasteiger partial charge in [-0.05, 0) is 12.1 Å². The molecule has 0 atom stereocenters. The van der Waals surface area contributed by atoms with E-state index >= 15 is 0 Å². The Balaban J connectivity index is 1.72. The summed E-state index contributed by atoms with van der Waals surface area (Å²) in [5.41, 5.74) is 8.87. The Morgan fingerprint density at radius 3 is 2.57 bits per heavy atom. The van der Waals surface area contributed by atoms with Crippen LogP contribution in [0.3, 0.4) is 0 Å². The molecular formula is C16H11ClN4S2. The summed E-state index contributed by atoms with van der Waals surface area (Å²) in [6.45, 7) is 0. The zero-order valence-corrected chi connectivity index (χ0v) is 14.2. The second kappa shape index (κ2) is 5.81. The molecule has 23 heavy (non-hydrogen) atoms. The summed E-state index contributed by atoms with van der Waals surface area (Å²) < 4.78 is 2.54. The molecule has 2 N–H and O–H groups in total. The number of imidazole rings is 1. The van der Waals surface area contributed by atoms with Gasteiger partial charge in [-0.2, -0.15) is 0 Å². The fourth-order valence-corrected chi connectivity index (χ4v) is 4.05. The summed E-state index contributed by atoms with van der Waals surface area (Å²) in [7, 11) is 0. The third-order valence-electron chi connectivity index (χ3n) is 3.33. The number of rotatable bonds is 3. The Bertz CT molecular complexity index is 956. The fourth-order valence-electron chi connectivity index (χ4n) is 2.23. The van der Waals surface area contributed by atoms with Gasteiger partial charge in [0.25, 0.3) is 0 Å². The highest BCUT2D eigenvalue weighted by Gasteiger charge is 2.13. The van der Waals surface area contributed by atoms with E-state index < -0.39 is 0 Å². The number of nitrogens with zero attached hydrogens (tertiary/aromatic N) is 3. The van der Waals surface area contributed by atoms with Crippen molar-refractivity contribution in [3.05, 3.63) is 58.4 Å². The highest BCUT2D eigenvalue weighted by atomic mass is 35.5. The molecule has 0 bridgehead atoms. The van der Waals surface area contributed by atoms with E-state index in [1.54, 1.807) is 4.57 Å². The van der Waals surface area contributed by atoms with Crippen LogP contribution in [0, 0.1) is 0 Å². The molecule has 4 rings (SSSR count). The molecular weight excluding hydrogens is 348 g/mol. The molecule has 3 aromatic heterocycles. The van der Waals surface area contributed by atoms with Crippen LogP contribution in [0.25, 0.3) is 27.0 Å². The van der Waals surface area contributed by atoms with Gasteiger partial charge in [-0.3, -0.25) is 4.57 Å². The minimum atomic E-state index is 0.415. The monoisotopic (exact) mass is 358 g/mol. The van der Waals surface area contributed by atoms with Crippen LogP contribution < -0.4 is 5.73 Å². The van der Waals surface area contributed by atoms with E-state index in [-0.39, 0.29) is 0 Å². The first-order chi connectivity index (χ1) is 11.2. The summed E-state index contributed by atoms with van der Waals surface area (Å²) in [5.74, 6) is 0.415. The van der Waals surface area contributed by atoms with Crippen LogP contribution in [0.5, 0.6) is 0 Å². The van der Waals surface area contributed by atoms with Crippen LogP contribution >= 0.6 is 34.3 Å². The largest absolute Gasteiger partial charge is 0.369 e. The van der Waals surface area contributed by atoms with Crippen LogP contribution in [0.15, 0.2) is 54.0 Å². The Labute approximate surface area is 145 Å². The highest BCUT2D eigenvalue weighted by Crippen LogP contribution is 2.32. The van der Waals surface area contributed by atoms with Crippen LogP contribution in [0.4, 0.5) is 5.95 Å². The van der Waals surface area contributed by atoms with Crippen LogP contribution in [-0.4, -0.2) is 14.5 Å². The molecule has 4 aromatic rings. The van der Waals surface area contributed by atoms with Gasteiger partial charge in [0.05, 0.1) is 14.9 Å². The third kappa shape index (κ3) is 2.76. The summed E-state index contributed by atoms with van der Waals surface area (Å²) in [5, 5.41) is 2.81. The van der Waals surface area contributed by atoms with Crippen molar-refractivity contribution in [3.8, 4) is 27.0 Å². The topological polar surface area (TPSA) is 56.7 Å². The van der Waals surface area contributed by atoms with Crippen molar-refractivity contribution in [2.24, 2.45) is 0 Å². The Morgan fingerprint density at radius 1 is 1.00 bits per heavy atom. The number of nitrogen functional groups attached to an aromatic ring is 1. The van der Waals surface area contributed by atoms with E-state index in [0.29, 0.717) is 5.95 Å². The van der Waals surface area contributed by atoms with Gasteiger partial charge < -0.3 is 5.73 Å². The first-order valence-electron chi connectivity index (χ1n) is 6.82. The van der Waals surface area contributed by atoms with Gasteiger partial charge in [-0.1, -0.05) is 41.9 Å². The van der Waals surface area contributed by atoms with E-state index in [1.807, 2.05) is 54.0 Å². The first-order valence-corrected chi connectivity index (χ1v) is 8.90. The lowest BCUT2D eigenvalue weighted by Gasteiger charge is -1.98. The summed E-state index contributed by atoms with van der Waals surface area (Å²) in [4.78, 5) is 10.1. The number of anilines is 1. The number of hydrogen-bond acceptors (Lipinski definition) is 5. The average molecular weight is 359 g/mol. The number of benzene rings is 1. The zero-order valence-electron chi connectivity index (χ0n) is 11.8. The molecule has 0 aliphatic rings. The second-order valence-electron chi connectivity index (χ2n) is 4.84. The summed E-state index contributed by atoms with van der Waals surface area (Å²) in [6.07, 6.45) is 1.89. The fraction of sp³-hybridized carbons (Fsp3) is 0. The van der Waals surface area contributed by atoms with E-state index in [4.69, 9.17) is 17.3 Å². The Kier molecular flexibility index (Phi) is 3.65. The van der Waals surface area contributed by atoms with E-state index in [1.165, 1.54) is 22.7 Å². The highest BCUT2D eigenvalue weighted by molar-refractivity contribution is 7.19. The number of thiazole rings is 1. The lowest BCUT2D eigenvalue weighted by atomic mass is 10.2.